The molecule has 1 rings (SSSR count). The summed E-state index contributed by atoms with van der Waals surface area (Å²) in [4.78, 5) is 17.4. The lowest BCUT2D eigenvalue weighted by Crippen LogP contribution is -2.44. The number of carbonyl (C=O) groups excluding carboxylic acids is 1. The van der Waals surface area contributed by atoms with Gasteiger partial charge in [0.15, 0.2) is 0 Å². The van der Waals surface area contributed by atoms with Gasteiger partial charge in [-0.05, 0) is 32.9 Å². The van der Waals surface area contributed by atoms with Gasteiger partial charge in [0.25, 0.3) is 0 Å². The molecule has 0 saturated carbocycles. The first-order valence-electron chi connectivity index (χ1n) is 5.60. The Hall–Kier alpha value is -1.62. The molecule has 1 aromatic heterocycles. The van der Waals surface area contributed by atoms with Crippen molar-refractivity contribution in [1.82, 2.24) is 9.88 Å². The third-order valence-corrected chi connectivity index (χ3v) is 2.16. The number of nitrogens with one attached hydrogen (secondary N) is 1. The van der Waals surface area contributed by atoms with E-state index in [9.17, 15) is 9.90 Å². The van der Waals surface area contributed by atoms with E-state index in [0.717, 1.165) is 0 Å². The number of carbonyl (C=O) groups is 1. The van der Waals surface area contributed by atoms with Crippen molar-refractivity contribution in [2.24, 2.45) is 0 Å². The van der Waals surface area contributed by atoms with Crippen LogP contribution in [0.25, 0.3) is 0 Å². The fourth-order valence-electron chi connectivity index (χ4n) is 1.43. The molecule has 5 heteroatoms. The normalized spacial score (nSPS) is 11.1. The Morgan fingerprint density at radius 3 is 2.76 bits per heavy atom. The maximum Gasteiger partial charge on any atom is 0.321 e. The number of urea groups is 1. The number of aliphatic hydroxyl groups is 1. The van der Waals surface area contributed by atoms with Gasteiger partial charge in [0.1, 0.15) is 0 Å². The van der Waals surface area contributed by atoms with Gasteiger partial charge in [-0.2, -0.15) is 0 Å². The second-order valence-electron chi connectivity index (χ2n) is 4.50. The summed E-state index contributed by atoms with van der Waals surface area (Å²) in [6.45, 7) is 6.04. The quantitative estimate of drug-likeness (QED) is 0.837. The Balaban J connectivity index is 2.62. The topological polar surface area (TPSA) is 65.5 Å². The highest BCUT2D eigenvalue weighted by Gasteiger charge is 2.21. The van der Waals surface area contributed by atoms with Crippen molar-refractivity contribution in [2.45, 2.75) is 26.4 Å². The van der Waals surface area contributed by atoms with Crippen molar-refractivity contribution in [3.63, 3.8) is 0 Å². The third kappa shape index (κ3) is 4.82. The van der Waals surface area contributed by atoms with Crippen LogP contribution < -0.4 is 5.32 Å². The van der Waals surface area contributed by atoms with Crippen molar-refractivity contribution < 1.29 is 9.90 Å². The second-order valence-corrected chi connectivity index (χ2v) is 4.50. The van der Waals surface area contributed by atoms with Gasteiger partial charge in [-0.3, -0.25) is 4.98 Å². The molecule has 0 aliphatic carbocycles. The highest BCUT2D eigenvalue weighted by atomic mass is 16.3. The summed E-state index contributed by atoms with van der Waals surface area (Å²) in [5.41, 5.74) is -0.255. The Morgan fingerprint density at radius 1 is 1.59 bits per heavy atom. The number of amides is 2. The lowest BCUT2D eigenvalue weighted by Gasteiger charge is -2.28. The average Bonchev–Trinajstić information content (AvgIpc) is 2.26. The van der Waals surface area contributed by atoms with Crippen LogP contribution in [-0.2, 0) is 0 Å². The van der Waals surface area contributed by atoms with E-state index in [1.54, 1.807) is 43.3 Å². The summed E-state index contributed by atoms with van der Waals surface area (Å²) in [6, 6.07) is 3.28. The van der Waals surface area contributed by atoms with Crippen molar-refractivity contribution in [3.8, 4) is 0 Å². The summed E-state index contributed by atoms with van der Waals surface area (Å²) in [7, 11) is 0. The zero-order valence-electron chi connectivity index (χ0n) is 10.5. The lowest BCUT2D eigenvalue weighted by atomic mass is 10.1. The van der Waals surface area contributed by atoms with Gasteiger partial charge in [-0.15, -0.1) is 0 Å². The molecule has 0 saturated heterocycles. The minimum Gasteiger partial charge on any atom is -0.389 e. The van der Waals surface area contributed by atoms with E-state index in [1.165, 1.54) is 0 Å². The minimum absolute atomic E-state index is 0.234. The Kier molecular flexibility index (Phi) is 4.45. The summed E-state index contributed by atoms with van der Waals surface area (Å²) in [5.74, 6) is 0. The third-order valence-electron chi connectivity index (χ3n) is 2.16. The molecule has 2 amide bonds. The molecule has 0 fully saturated rings. The number of anilines is 1. The van der Waals surface area contributed by atoms with Crippen molar-refractivity contribution in [2.75, 3.05) is 18.4 Å². The van der Waals surface area contributed by atoms with Crippen LogP contribution in [0.2, 0.25) is 0 Å². The number of hydrogen-bond acceptors (Lipinski definition) is 3. The fourth-order valence-corrected chi connectivity index (χ4v) is 1.43. The molecule has 0 unspecified atom stereocenters. The number of aromatic nitrogens is 1. The maximum absolute atomic E-state index is 11.9. The summed E-state index contributed by atoms with van der Waals surface area (Å²) in [5, 5.41) is 12.4. The van der Waals surface area contributed by atoms with Gasteiger partial charge in [-0.25, -0.2) is 4.79 Å². The number of likely N-dealkylation sites (N-methyl/N-ethyl adjacent to an activating group) is 1. The molecule has 94 valence electrons. The molecule has 0 aliphatic heterocycles. The summed E-state index contributed by atoms with van der Waals surface area (Å²) >= 11 is 0. The Bertz CT molecular complexity index is 360. The standard InChI is InChI=1S/C12H19N3O2/c1-4-15(9-12(2,3)17)11(16)14-10-6-5-7-13-8-10/h5-8,17H,4,9H2,1-3H3,(H,14,16). The SMILES string of the molecule is CCN(CC(C)(C)O)C(=O)Nc1cccnc1. The van der Waals surface area contributed by atoms with Gasteiger partial charge in [-0.1, -0.05) is 0 Å². The molecule has 0 spiro atoms. The predicted octanol–water partition coefficient (Wildman–Crippen LogP) is 1.71. The molecule has 0 radical (unpaired) electrons. The van der Waals surface area contributed by atoms with Gasteiger partial charge < -0.3 is 15.3 Å². The Morgan fingerprint density at radius 2 is 2.29 bits per heavy atom. The number of hydrogen-bond donors (Lipinski definition) is 2. The fraction of sp³-hybridized carbons (Fsp3) is 0.500. The zero-order chi connectivity index (χ0) is 12.9. The molecule has 1 heterocycles. The van der Waals surface area contributed by atoms with Crippen LogP contribution in [0.5, 0.6) is 0 Å². The van der Waals surface area contributed by atoms with E-state index in [2.05, 4.69) is 10.3 Å². The van der Waals surface area contributed by atoms with Crippen LogP contribution >= 0.6 is 0 Å². The van der Waals surface area contributed by atoms with Crippen molar-refractivity contribution in [3.05, 3.63) is 24.5 Å². The summed E-state index contributed by atoms with van der Waals surface area (Å²) in [6.07, 6.45) is 3.22. The number of nitrogens with zero attached hydrogens (tertiary/aromatic N) is 2. The molecular weight excluding hydrogens is 218 g/mol. The minimum atomic E-state index is -0.901. The first-order chi connectivity index (χ1) is 7.92. The van der Waals surface area contributed by atoms with Crippen LogP contribution in [0.4, 0.5) is 10.5 Å². The van der Waals surface area contributed by atoms with Gasteiger partial charge in [0.2, 0.25) is 0 Å². The van der Waals surface area contributed by atoms with Crippen LogP contribution in [0.15, 0.2) is 24.5 Å². The molecule has 0 atom stereocenters. The molecule has 0 aromatic carbocycles. The van der Waals surface area contributed by atoms with Crippen LogP contribution in [-0.4, -0.2) is 39.7 Å². The number of pyridine rings is 1. The van der Waals surface area contributed by atoms with E-state index in [0.29, 0.717) is 12.2 Å². The Labute approximate surface area is 101 Å². The highest BCUT2D eigenvalue weighted by Crippen LogP contribution is 2.08. The van der Waals surface area contributed by atoms with Crippen LogP contribution in [0, 0.1) is 0 Å². The maximum atomic E-state index is 11.9. The smallest absolute Gasteiger partial charge is 0.321 e. The predicted molar refractivity (Wildman–Crippen MR) is 66.8 cm³/mol. The molecule has 0 bridgehead atoms. The van der Waals surface area contributed by atoms with Gasteiger partial charge in [0.05, 0.1) is 24.0 Å². The highest BCUT2D eigenvalue weighted by molar-refractivity contribution is 5.89. The first kappa shape index (κ1) is 13.4. The first-order valence-corrected chi connectivity index (χ1v) is 5.60. The van der Waals surface area contributed by atoms with Gasteiger partial charge >= 0.3 is 6.03 Å². The van der Waals surface area contributed by atoms with E-state index in [-0.39, 0.29) is 12.6 Å². The molecule has 0 aliphatic rings. The van der Waals surface area contributed by atoms with E-state index in [1.807, 2.05) is 6.92 Å². The van der Waals surface area contributed by atoms with E-state index >= 15 is 0 Å². The molecule has 17 heavy (non-hydrogen) atoms. The van der Waals surface area contributed by atoms with Crippen molar-refractivity contribution >= 4 is 11.7 Å². The molecule has 5 nitrogen and oxygen atoms in total. The van der Waals surface area contributed by atoms with Crippen LogP contribution in [0.1, 0.15) is 20.8 Å². The van der Waals surface area contributed by atoms with Gasteiger partial charge in [0, 0.05) is 12.7 Å². The lowest BCUT2D eigenvalue weighted by molar-refractivity contribution is 0.0501. The van der Waals surface area contributed by atoms with Crippen LogP contribution in [0.3, 0.4) is 0 Å². The zero-order valence-corrected chi connectivity index (χ0v) is 10.5. The summed E-state index contributed by atoms with van der Waals surface area (Å²) < 4.78 is 0. The monoisotopic (exact) mass is 237 g/mol. The molecular formula is C12H19N3O2. The number of rotatable bonds is 4. The molecule has 1 aromatic rings. The van der Waals surface area contributed by atoms with E-state index < -0.39 is 5.60 Å². The van der Waals surface area contributed by atoms with Crippen molar-refractivity contribution in [1.29, 1.82) is 0 Å². The largest absolute Gasteiger partial charge is 0.389 e. The van der Waals surface area contributed by atoms with E-state index in [4.69, 9.17) is 0 Å². The second kappa shape index (κ2) is 5.63. The molecule has 2 N–H and O–H groups in total. The average molecular weight is 237 g/mol.